The molecule has 0 aromatic heterocycles. The van der Waals surface area contributed by atoms with Crippen molar-refractivity contribution in [2.24, 2.45) is 27.1 Å². The highest BCUT2D eigenvalue weighted by molar-refractivity contribution is 8.13. The van der Waals surface area contributed by atoms with Crippen molar-refractivity contribution in [2.75, 3.05) is 20.3 Å². The van der Waals surface area contributed by atoms with Crippen LogP contribution < -0.4 is 5.32 Å². The first-order chi connectivity index (χ1) is 27.1. The molecule has 2 aromatic carbocycles. The highest BCUT2D eigenvalue weighted by Crippen LogP contribution is 2.74. The molecule has 1 amide bonds. The van der Waals surface area contributed by atoms with Crippen molar-refractivity contribution in [3.63, 3.8) is 0 Å². The number of nitrogens with one attached hydrogen (secondary N) is 1. The lowest BCUT2D eigenvalue weighted by molar-refractivity contribution is -0.218. The van der Waals surface area contributed by atoms with E-state index in [4.69, 9.17) is 29.4 Å². The first kappa shape index (κ1) is 47.9. The summed E-state index contributed by atoms with van der Waals surface area (Å²) in [6.07, 6.45) is -0.765. The number of carbonyl (C=O) groups excluding carboxylic acids is 2. The molecule has 2 aromatic rings. The van der Waals surface area contributed by atoms with Gasteiger partial charge >= 0.3 is 24.4 Å². The maximum Gasteiger partial charge on any atom is 0.416 e. The van der Waals surface area contributed by atoms with Gasteiger partial charge in [-0.25, -0.2) is 13.2 Å². The quantitative estimate of drug-likeness (QED) is 0.113. The Balaban J connectivity index is 0.000000174. The van der Waals surface area contributed by atoms with Gasteiger partial charge in [-0.3, -0.25) is 8.98 Å². The lowest BCUT2D eigenvalue weighted by Gasteiger charge is -2.70. The number of rotatable bonds is 8. The molecule has 2 N–H and O–H groups in total. The molecule has 0 heterocycles. The molecule has 0 aliphatic heterocycles. The average molecular weight is 918 g/mol. The number of alkyl carbamates (subject to hydrolysis) is 1. The minimum Gasteiger partial charge on any atom is -0.469 e. The predicted molar refractivity (Wildman–Crippen MR) is 205 cm³/mol. The third kappa shape index (κ3) is 10.5. The van der Waals surface area contributed by atoms with Crippen LogP contribution in [0.15, 0.2) is 58.3 Å². The minimum absolute atomic E-state index is 0.0104. The van der Waals surface area contributed by atoms with Gasteiger partial charge in [0.15, 0.2) is 0 Å². The number of halogens is 7. The fourth-order valence-electron chi connectivity index (χ4n) is 10.1. The SMILES string of the molecule is CC(C)(C)OC(=O)NC12CC(COS(=O)(=O)c3ccc(C(F)(F)F)cc3)(C1)C2.CC12CC(CO)(C1)C2.COC(=O)C12CC(C)(C1)C2.O=S(=O)(Cl)c1ccc(C(F)(F)F)cc1. The number of esters is 1. The molecule has 0 atom stereocenters. The summed E-state index contributed by atoms with van der Waals surface area (Å²) >= 11 is 0. The maximum absolute atomic E-state index is 12.6. The van der Waals surface area contributed by atoms with Crippen molar-refractivity contribution in [3.05, 3.63) is 59.7 Å². The van der Waals surface area contributed by atoms with Gasteiger partial charge in [0.05, 0.1) is 40.0 Å². The van der Waals surface area contributed by atoms with Crippen LogP contribution in [-0.4, -0.2) is 65.5 Å². The Morgan fingerprint density at radius 2 is 1.13 bits per heavy atom. The van der Waals surface area contributed by atoms with Crippen LogP contribution in [0.4, 0.5) is 31.1 Å². The van der Waals surface area contributed by atoms with Gasteiger partial charge in [-0.2, -0.15) is 34.8 Å². The Morgan fingerprint density at radius 3 is 1.45 bits per heavy atom. The fourth-order valence-corrected chi connectivity index (χ4v) is 11.9. The van der Waals surface area contributed by atoms with Crippen LogP contribution in [0.3, 0.4) is 0 Å². The van der Waals surface area contributed by atoms with E-state index < -0.39 is 54.3 Å². The summed E-state index contributed by atoms with van der Waals surface area (Å²) in [6, 6.07) is 6.12. The van der Waals surface area contributed by atoms with Gasteiger partial charge in [0.25, 0.3) is 19.2 Å². The molecule has 0 unspecified atom stereocenters. The van der Waals surface area contributed by atoms with Crippen molar-refractivity contribution in [1.82, 2.24) is 5.32 Å². The highest BCUT2D eigenvalue weighted by atomic mass is 35.7. The second-order valence-corrected chi connectivity index (χ2v) is 23.4. The second kappa shape index (κ2) is 15.6. The number of methoxy groups -OCH3 is 1. The summed E-state index contributed by atoms with van der Waals surface area (Å²) < 4.78 is 135. The molecule has 9 saturated carbocycles. The lowest BCUT2D eigenvalue weighted by atomic mass is 9.36. The smallest absolute Gasteiger partial charge is 0.416 e. The molecule has 11 rings (SSSR count). The first-order valence-electron chi connectivity index (χ1n) is 19.0. The number of carbonyl (C=O) groups is 2. The van der Waals surface area contributed by atoms with Crippen LogP contribution in [0.25, 0.3) is 0 Å². The molecule has 336 valence electrons. The second-order valence-electron chi connectivity index (χ2n) is 19.2. The number of alkyl halides is 6. The third-order valence-corrected chi connectivity index (χ3v) is 14.7. The number of ether oxygens (including phenoxy) is 2. The largest absolute Gasteiger partial charge is 0.469 e. The minimum atomic E-state index is -4.54. The summed E-state index contributed by atoms with van der Waals surface area (Å²) in [6.45, 7) is 10.2. The van der Waals surface area contributed by atoms with E-state index in [1.165, 1.54) is 26.4 Å². The Labute approximate surface area is 350 Å². The van der Waals surface area contributed by atoms with E-state index in [1.54, 1.807) is 20.8 Å². The van der Waals surface area contributed by atoms with Gasteiger partial charge in [0.2, 0.25) is 0 Å². The number of amides is 1. The number of benzene rings is 2. The van der Waals surface area contributed by atoms with E-state index in [0.717, 1.165) is 43.5 Å². The summed E-state index contributed by atoms with van der Waals surface area (Å²) in [5, 5.41) is 11.6. The van der Waals surface area contributed by atoms with Crippen molar-refractivity contribution in [3.8, 4) is 0 Å². The Kier molecular flexibility index (Phi) is 12.4. The molecule has 0 radical (unpaired) electrons. The molecule has 0 saturated heterocycles. The van der Waals surface area contributed by atoms with Crippen LogP contribution in [0.2, 0.25) is 0 Å². The summed E-state index contributed by atoms with van der Waals surface area (Å²) in [5.41, 5.74) is -1.60. The zero-order valence-corrected chi connectivity index (χ0v) is 36.4. The normalized spacial score (nSPS) is 31.6. The summed E-state index contributed by atoms with van der Waals surface area (Å²) in [5.74, 6) is 0.0104. The standard InChI is InChI=1S/C18H22F3NO5S.C8H12O2.C7H4ClF3O2S.C7H12O/c1-15(2,3)27-14(23)22-17-8-16(9-17,10-17)11-26-28(24,25)13-6-4-12(5-7-13)18(19,20)21;1-7-3-8(4-7,5-7)6(9)10-2;8-14(12,13)6-3-1-5(2-4-6)7(9,10)11;1-6-2-7(3-6,4-6)5-8/h4-7H,8-11H2,1-3H3,(H,22,23);3-5H2,1-2H3;1-4H;8H,2-5H2,1H3. The van der Waals surface area contributed by atoms with Crippen LogP contribution in [0.1, 0.15) is 104 Å². The van der Waals surface area contributed by atoms with E-state index in [1.807, 2.05) is 0 Å². The van der Waals surface area contributed by atoms with Gasteiger partial charge in [-0.1, -0.05) is 13.8 Å². The number of aliphatic hydroxyl groups is 1. The van der Waals surface area contributed by atoms with Crippen molar-refractivity contribution in [1.29, 1.82) is 0 Å². The average Bonchev–Trinajstić information content (AvgIpc) is 3.03. The van der Waals surface area contributed by atoms with Gasteiger partial charge in [-0.05, 0) is 143 Å². The number of hydrogen-bond donors (Lipinski definition) is 2. The molecule has 9 aliphatic carbocycles. The molecular formula is C40H50ClF6NO10S2. The molecule has 20 heteroatoms. The van der Waals surface area contributed by atoms with Crippen molar-refractivity contribution >= 4 is 41.9 Å². The van der Waals surface area contributed by atoms with Gasteiger partial charge in [0.1, 0.15) is 5.60 Å². The Bertz CT molecular complexity index is 2110. The zero-order chi connectivity index (χ0) is 45.2. The predicted octanol–water partition coefficient (Wildman–Crippen LogP) is 9.01. The number of hydrogen-bond acceptors (Lipinski definition) is 10. The van der Waals surface area contributed by atoms with Gasteiger partial charge < -0.3 is 19.9 Å². The van der Waals surface area contributed by atoms with Crippen LogP contribution in [0.5, 0.6) is 0 Å². The van der Waals surface area contributed by atoms with Crippen LogP contribution in [0, 0.1) is 27.1 Å². The van der Waals surface area contributed by atoms with Crippen LogP contribution in [-0.2, 0) is 50.0 Å². The van der Waals surface area contributed by atoms with Gasteiger partial charge in [0, 0.05) is 28.2 Å². The number of aliphatic hydroxyl groups excluding tert-OH is 1. The van der Waals surface area contributed by atoms with Crippen molar-refractivity contribution in [2.45, 2.75) is 126 Å². The maximum atomic E-state index is 12.6. The Hall–Kier alpha value is -3.13. The first-order valence-corrected chi connectivity index (χ1v) is 22.7. The molecule has 9 fully saturated rings. The van der Waals surface area contributed by atoms with Gasteiger partial charge in [-0.15, -0.1) is 0 Å². The molecule has 9 aliphatic rings. The van der Waals surface area contributed by atoms with Crippen LogP contribution >= 0.6 is 10.7 Å². The third-order valence-electron chi connectivity index (χ3n) is 12.0. The summed E-state index contributed by atoms with van der Waals surface area (Å²) in [7, 11) is -1.72. The fraction of sp³-hybridized carbons (Fsp3) is 0.650. The van der Waals surface area contributed by atoms with E-state index >= 15 is 0 Å². The molecule has 11 nitrogen and oxygen atoms in total. The van der Waals surface area contributed by atoms with E-state index in [2.05, 4.69) is 19.2 Å². The topological polar surface area (TPSA) is 162 Å². The monoisotopic (exact) mass is 917 g/mol. The summed E-state index contributed by atoms with van der Waals surface area (Å²) in [4.78, 5) is 22.2. The van der Waals surface area contributed by atoms with Crippen molar-refractivity contribution < 1.29 is 71.5 Å². The van der Waals surface area contributed by atoms with E-state index in [-0.39, 0.29) is 38.7 Å². The highest BCUT2D eigenvalue weighted by Gasteiger charge is 2.70. The molecular weight excluding hydrogens is 868 g/mol. The van der Waals surface area contributed by atoms with E-state index in [0.29, 0.717) is 66.4 Å². The Morgan fingerprint density at radius 1 is 0.717 bits per heavy atom. The zero-order valence-electron chi connectivity index (χ0n) is 34.0. The molecule has 60 heavy (non-hydrogen) atoms. The van der Waals surface area contributed by atoms with E-state index in [9.17, 15) is 52.8 Å². The molecule has 0 spiro atoms. The lowest BCUT2D eigenvalue weighted by Crippen LogP contribution is -2.76. The molecule has 6 bridgehead atoms.